The molecule has 0 radical (unpaired) electrons. The summed E-state index contributed by atoms with van der Waals surface area (Å²) in [6.07, 6.45) is 1.53. The number of anilines is 1. The highest BCUT2D eigenvalue weighted by molar-refractivity contribution is 5.42. The van der Waals surface area contributed by atoms with Crippen molar-refractivity contribution in [2.24, 2.45) is 0 Å². The Kier molecular flexibility index (Phi) is 3.37. The highest BCUT2D eigenvalue weighted by atomic mass is 19.1. The van der Waals surface area contributed by atoms with Crippen LogP contribution in [0.5, 0.6) is 0 Å². The Balaban J connectivity index is 2.05. The summed E-state index contributed by atoms with van der Waals surface area (Å²) in [5.74, 6) is 0.588. The van der Waals surface area contributed by atoms with Crippen molar-refractivity contribution in [1.82, 2.24) is 14.8 Å². The van der Waals surface area contributed by atoms with Gasteiger partial charge in [0.1, 0.15) is 18.0 Å². The molecule has 1 aromatic carbocycles. The van der Waals surface area contributed by atoms with Gasteiger partial charge in [0, 0.05) is 11.7 Å². The van der Waals surface area contributed by atoms with Gasteiger partial charge < -0.3 is 5.32 Å². The summed E-state index contributed by atoms with van der Waals surface area (Å²) in [7, 11) is 0. The third-order valence-electron chi connectivity index (χ3n) is 2.41. The van der Waals surface area contributed by atoms with Gasteiger partial charge in [-0.15, -0.1) is 0 Å². The minimum absolute atomic E-state index is 0.250. The lowest BCUT2D eigenvalue weighted by molar-refractivity contribution is 0.509. The summed E-state index contributed by atoms with van der Waals surface area (Å²) < 4.78 is 14.8. The minimum atomic E-state index is -0.250. The fraction of sp³-hybridized carbons (Fsp3) is 0.333. The molecule has 17 heavy (non-hydrogen) atoms. The molecule has 0 aliphatic heterocycles. The van der Waals surface area contributed by atoms with Crippen LogP contribution >= 0.6 is 0 Å². The van der Waals surface area contributed by atoms with E-state index >= 15 is 0 Å². The third kappa shape index (κ3) is 2.81. The molecule has 2 rings (SSSR count). The molecule has 0 aliphatic carbocycles. The van der Waals surface area contributed by atoms with Crippen LogP contribution in [0.25, 0.3) is 0 Å². The summed E-state index contributed by atoms with van der Waals surface area (Å²) in [5, 5.41) is 7.26. The zero-order valence-corrected chi connectivity index (χ0v) is 9.89. The van der Waals surface area contributed by atoms with Crippen LogP contribution in [0, 0.1) is 5.82 Å². The lowest BCUT2D eigenvalue weighted by Crippen LogP contribution is -2.12. The lowest BCUT2D eigenvalue weighted by atomic mass is 10.3. The summed E-state index contributed by atoms with van der Waals surface area (Å²) in [6.45, 7) is 4.61. The molecule has 0 saturated carbocycles. The number of nitrogens with one attached hydrogen (secondary N) is 1. The Labute approximate surface area is 99.5 Å². The van der Waals surface area contributed by atoms with Crippen LogP contribution in [0.2, 0.25) is 0 Å². The first-order chi connectivity index (χ1) is 8.16. The maximum Gasteiger partial charge on any atom is 0.146 e. The zero-order valence-electron chi connectivity index (χ0n) is 9.89. The van der Waals surface area contributed by atoms with E-state index in [4.69, 9.17) is 0 Å². The molecule has 90 valence electrons. The quantitative estimate of drug-likeness (QED) is 0.884. The molecular formula is C12H15FN4. The molecule has 0 spiro atoms. The van der Waals surface area contributed by atoms with Gasteiger partial charge in [-0.3, -0.25) is 0 Å². The van der Waals surface area contributed by atoms with Crippen LogP contribution in [0.3, 0.4) is 0 Å². The van der Waals surface area contributed by atoms with Crippen molar-refractivity contribution in [2.45, 2.75) is 26.4 Å². The number of aromatic nitrogens is 3. The van der Waals surface area contributed by atoms with Crippen LogP contribution < -0.4 is 5.32 Å². The minimum Gasteiger partial charge on any atom is -0.378 e. The number of nitrogens with zero attached hydrogens (tertiary/aromatic N) is 3. The van der Waals surface area contributed by atoms with Crippen LogP contribution in [0.15, 0.2) is 30.6 Å². The van der Waals surface area contributed by atoms with Gasteiger partial charge in [0.25, 0.3) is 0 Å². The predicted octanol–water partition coefficient (Wildman–Crippen LogP) is 2.61. The Morgan fingerprint density at radius 1 is 1.41 bits per heavy atom. The van der Waals surface area contributed by atoms with Crippen LogP contribution in [-0.2, 0) is 6.54 Å². The second kappa shape index (κ2) is 4.95. The third-order valence-corrected chi connectivity index (χ3v) is 2.41. The summed E-state index contributed by atoms with van der Waals surface area (Å²) in [4.78, 5) is 4.17. The van der Waals surface area contributed by atoms with E-state index < -0.39 is 0 Å². The van der Waals surface area contributed by atoms with Gasteiger partial charge in [-0.05, 0) is 32.0 Å². The summed E-state index contributed by atoms with van der Waals surface area (Å²) in [6, 6.07) is 6.63. The Morgan fingerprint density at radius 3 is 2.94 bits per heavy atom. The Bertz CT molecular complexity index is 493. The van der Waals surface area contributed by atoms with E-state index in [-0.39, 0.29) is 11.9 Å². The first-order valence-electron chi connectivity index (χ1n) is 5.54. The summed E-state index contributed by atoms with van der Waals surface area (Å²) >= 11 is 0. The van der Waals surface area contributed by atoms with Gasteiger partial charge in [-0.25, -0.2) is 14.1 Å². The molecule has 1 aromatic heterocycles. The van der Waals surface area contributed by atoms with Crippen molar-refractivity contribution >= 4 is 5.69 Å². The molecule has 0 amide bonds. The topological polar surface area (TPSA) is 42.7 Å². The van der Waals surface area contributed by atoms with E-state index in [9.17, 15) is 4.39 Å². The standard InChI is InChI=1S/C12H15FN4/c1-9(2)17-12(15-8-16-17)7-14-11-5-3-4-10(13)6-11/h3-6,8-9,14H,7H2,1-2H3. The van der Waals surface area contributed by atoms with E-state index in [2.05, 4.69) is 15.4 Å². The van der Waals surface area contributed by atoms with Crippen molar-refractivity contribution in [3.05, 3.63) is 42.2 Å². The predicted molar refractivity (Wildman–Crippen MR) is 64.1 cm³/mol. The molecule has 4 nitrogen and oxygen atoms in total. The van der Waals surface area contributed by atoms with Gasteiger partial charge in [0.15, 0.2) is 0 Å². The van der Waals surface area contributed by atoms with Crippen molar-refractivity contribution in [1.29, 1.82) is 0 Å². The normalized spacial score (nSPS) is 10.8. The SMILES string of the molecule is CC(C)n1ncnc1CNc1cccc(F)c1. The molecular weight excluding hydrogens is 219 g/mol. The average Bonchev–Trinajstić information content (AvgIpc) is 2.74. The molecule has 0 unspecified atom stereocenters. The average molecular weight is 234 g/mol. The van der Waals surface area contributed by atoms with E-state index in [1.54, 1.807) is 6.07 Å². The second-order valence-corrected chi connectivity index (χ2v) is 4.08. The number of benzene rings is 1. The van der Waals surface area contributed by atoms with Gasteiger partial charge in [-0.2, -0.15) is 5.10 Å². The maximum atomic E-state index is 13.0. The van der Waals surface area contributed by atoms with Crippen molar-refractivity contribution in [3.8, 4) is 0 Å². The van der Waals surface area contributed by atoms with E-state index in [1.165, 1.54) is 18.5 Å². The van der Waals surface area contributed by atoms with Crippen LogP contribution in [0.4, 0.5) is 10.1 Å². The first-order valence-corrected chi connectivity index (χ1v) is 5.54. The number of hydrogen-bond acceptors (Lipinski definition) is 3. The molecule has 5 heteroatoms. The first kappa shape index (κ1) is 11.6. The Morgan fingerprint density at radius 2 is 2.24 bits per heavy atom. The lowest BCUT2D eigenvalue weighted by Gasteiger charge is -2.10. The van der Waals surface area contributed by atoms with Gasteiger partial charge in [-0.1, -0.05) is 6.07 Å². The number of rotatable bonds is 4. The van der Waals surface area contributed by atoms with Crippen molar-refractivity contribution in [2.75, 3.05) is 5.32 Å². The van der Waals surface area contributed by atoms with Gasteiger partial charge in [0.05, 0.1) is 6.54 Å². The van der Waals surface area contributed by atoms with Gasteiger partial charge >= 0.3 is 0 Å². The molecule has 0 aliphatic rings. The summed E-state index contributed by atoms with van der Waals surface area (Å²) in [5.41, 5.74) is 0.739. The van der Waals surface area contributed by atoms with Crippen molar-refractivity contribution in [3.63, 3.8) is 0 Å². The second-order valence-electron chi connectivity index (χ2n) is 4.08. The molecule has 0 fully saturated rings. The largest absolute Gasteiger partial charge is 0.378 e. The highest BCUT2D eigenvalue weighted by Gasteiger charge is 2.06. The van der Waals surface area contributed by atoms with Crippen molar-refractivity contribution < 1.29 is 4.39 Å². The fourth-order valence-corrected chi connectivity index (χ4v) is 1.61. The van der Waals surface area contributed by atoms with Crippen LogP contribution in [0.1, 0.15) is 25.7 Å². The smallest absolute Gasteiger partial charge is 0.146 e. The monoisotopic (exact) mass is 234 g/mol. The fourth-order valence-electron chi connectivity index (χ4n) is 1.61. The van der Waals surface area contributed by atoms with Crippen LogP contribution in [-0.4, -0.2) is 14.8 Å². The molecule has 1 heterocycles. The highest BCUT2D eigenvalue weighted by Crippen LogP contribution is 2.11. The van der Waals surface area contributed by atoms with Gasteiger partial charge in [0.2, 0.25) is 0 Å². The van der Waals surface area contributed by atoms with E-state index in [0.717, 1.165) is 11.5 Å². The molecule has 1 N–H and O–H groups in total. The number of hydrogen-bond donors (Lipinski definition) is 1. The molecule has 0 bridgehead atoms. The molecule has 0 atom stereocenters. The maximum absolute atomic E-state index is 13.0. The molecule has 0 saturated heterocycles. The number of halogens is 1. The Hall–Kier alpha value is -1.91. The molecule has 2 aromatic rings. The zero-order chi connectivity index (χ0) is 12.3. The van der Waals surface area contributed by atoms with E-state index in [0.29, 0.717) is 6.54 Å². The van der Waals surface area contributed by atoms with E-state index in [1.807, 2.05) is 24.6 Å².